The van der Waals surface area contributed by atoms with Gasteiger partial charge in [0.1, 0.15) is 0 Å². The van der Waals surface area contributed by atoms with E-state index in [0.29, 0.717) is 12.3 Å². The molecule has 25 heavy (non-hydrogen) atoms. The van der Waals surface area contributed by atoms with Crippen LogP contribution in [0.15, 0.2) is 6.07 Å². The third-order valence-electron chi connectivity index (χ3n) is 4.70. The highest BCUT2D eigenvalue weighted by atomic mass is 16.2. The molecule has 1 amide bonds. The van der Waals surface area contributed by atoms with Gasteiger partial charge >= 0.3 is 0 Å². The van der Waals surface area contributed by atoms with E-state index in [4.69, 9.17) is 0 Å². The second-order valence-electron chi connectivity index (χ2n) is 7.50. The summed E-state index contributed by atoms with van der Waals surface area (Å²) in [5.74, 6) is 1.95. The monoisotopic (exact) mass is 344 g/mol. The van der Waals surface area contributed by atoms with Crippen molar-refractivity contribution in [3.8, 4) is 0 Å². The van der Waals surface area contributed by atoms with Crippen molar-refractivity contribution in [3.63, 3.8) is 0 Å². The van der Waals surface area contributed by atoms with E-state index in [0.717, 1.165) is 49.3 Å². The summed E-state index contributed by atoms with van der Waals surface area (Å²) in [7, 11) is 0. The predicted octanol–water partition coefficient (Wildman–Crippen LogP) is 1.84. The number of likely N-dealkylation sites (tertiary alicyclic amines) is 1. The maximum atomic E-state index is 12.3. The highest BCUT2D eigenvalue weighted by Gasteiger charge is 2.21. The summed E-state index contributed by atoms with van der Waals surface area (Å²) < 4.78 is 1.61. The van der Waals surface area contributed by atoms with Crippen LogP contribution in [0, 0.1) is 25.7 Å². The lowest BCUT2D eigenvalue weighted by Gasteiger charge is -2.34. The lowest BCUT2D eigenvalue weighted by Crippen LogP contribution is -2.40. The molecule has 1 N–H and O–H groups in total. The molecule has 2 atom stereocenters. The largest absolute Gasteiger partial charge is 0.349 e. The molecule has 3 rings (SSSR count). The fourth-order valence-corrected chi connectivity index (χ4v) is 3.82. The van der Waals surface area contributed by atoms with E-state index in [1.54, 1.807) is 4.52 Å². The van der Waals surface area contributed by atoms with E-state index in [-0.39, 0.29) is 11.7 Å². The summed E-state index contributed by atoms with van der Waals surface area (Å²) in [6, 6.07) is 1.92. The third-order valence-corrected chi connectivity index (χ3v) is 4.70. The summed E-state index contributed by atoms with van der Waals surface area (Å²) in [4.78, 5) is 23.3. The van der Waals surface area contributed by atoms with Crippen molar-refractivity contribution in [2.45, 2.75) is 40.5 Å². The zero-order valence-corrected chi connectivity index (χ0v) is 15.6. The molecular formula is C18H28N6O. The van der Waals surface area contributed by atoms with Crippen LogP contribution in [0.25, 0.3) is 5.78 Å². The molecule has 1 fully saturated rings. The van der Waals surface area contributed by atoms with Crippen LogP contribution in [0.3, 0.4) is 0 Å². The number of carbonyl (C=O) groups is 1. The Morgan fingerprint density at radius 2 is 1.96 bits per heavy atom. The number of nitrogens with zero attached hydrogens (tertiary/aromatic N) is 5. The normalized spacial score (nSPS) is 21.6. The number of fused-ring (bicyclic) bond motifs is 1. The number of aryl methyl sites for hydroxylation is 2. The highest BCUT2D eigenvalue weighted by Crippen LogP contribution is 2.20. The van der Waals surface area contributed by atoms with Gasteiger partial charge in [0.25, 0.3) is 11.7 Å². The lowest BCUT2D eigenvalue weighted by atomic mass is 9.92. The molecule has 0 aromatic carbocycles. The van der Waals surface area contributed by atoms with Crippen LogP contribution in [-0.4, -0.2) is 56.6 Å². The predicted molar refractivity (Wildman–Crippen MR) is 96.6 cm³/mol. The molecule has 0 radical (unpaired) electrons. The summed E-state index contributed by atoms with van der Waals surface area (Å²) in [5.41, 5.74) is 1.79. The van der Waals surface area contributed by atoms with Gasteiger partial charge in [-0.25, -0.2) is 9.50 Å². The first-order valence-corrected chi connectivity index (χ1v) is 9.14. The van der Waals surface area contributed by atoms with Crippen molar-refractivity contribution < 1.29 is 4.79 Å². The van der Waals surface area contributed by atoms with Crippen molar-refractivity contribution >= 4 is 11.7 Å². The van der Waals surface area contributed by atoms with Gasteiger partial charge in [-0.05, 0) is 51.1 Å². The Labute approximate surface area is 148 Å². The maximum Gasteiger partial charge on any atom is 0.291 e. The molecule has 0 unspecified atom stereocenters. The van der Waals surface area contributed by atoms with Crippen LogP contribution in [0.5, 0.6) is 0 Å². The van der Waals surface area contributed by atoms with E-state index >= 15 is 0 Å². The lowest BCUT2D eigenvalue weighted by molar-refractivity contribution is 0.0937. The van der Waals surface area contributed by atoms with Gasteiger partial charge in [-0.3, -0.25) is 4.79 Å². The molecule has 1 saturated heterocycles. The maximum absolute atomic E-state index is 12.3. The highest BCUT2D eigenvalue weighted by molar-refractivity contribution is 5.90. The van der Waals surface area contributed by atoms with E-state index in [1.807, 2.05) is 19.9 Å². The number of aromatic nitrogens is 4. The number of amides is 1. The number of piperidine rings is 1. The van der Waals surface area contributed by atoms with E-state index in [9.17, 15) is 4.79 Å². The molecule has 2 aromatic heterocycles. The van der Waals surface area contributed by atoms with Crippen molar-refractivity contribution in [1.29, 1.82) is 0 Å². The third kappa shape index (κ3) is 4.34. The van der Waals surface area contributed by atoms with Crippen molar-refractivity contribution in [2.75, 3.05) is 26.2 Å². The fraction of sp³-hybridized carbons (Fsp3) is 0.667. The molecule has 0 aliphatic carbocycles. The molecule has 7 heteroatoms. The Kier molecular flexibility index (Phi) is 5.32. The Morgan fingerprint density at radius 3 is 2.68 bits per heavy atom. The quantitative estimate of drug-likeness (QED) is 0.838. The minimum absolute atomic E-state index is 0.182. The van der Waals surface area contributed by atoms with Gasteiger partial charge in [-0.1, -0.05) is 13.8 Å². The number of hydrogen-bond donors (Lipinski definition) is 1. The van der Waals surface area contributed by atoms with Crippen molar-refractivity contribution in [3.05, 3.63) is 23.3 Å². The van der Waals surface area contributed by atoms with Crippen LogP contribution in [0.2, 0.25) is 0 Å². The molecule has 0 bridgehead atoms. The van der Waals surface area contributed by atoms with Gasteiger partial charge in [0, 0.05) is 31.0 Å². The number of rotatable bonds is 5. The van der Waals surface area contributed by atoms with E-state index < -0.39 is 0 Å². The molecule has 0 spiro atoms. The average Bonchev–Trinajstić information content (AvgIpc) is 2.95. The van der Waals surface area contributed by atoms with Gasteiger partial charge in [-0.15, -0.1) is 5.10 Å². The standard InChI is InChI=1S/C18H28N6O/c1-12-8-13(2)11-23(10-12)7-5-6-19-17(25)16-21-18-20-14(3)9-15(4)24(18)22-16/h9,12-13H,5-8,10-11H2,1-4H3,(H,19,25)/t12-,13-/m0/s1. The summed E-state index contributed by atoms with van der Waals surface area (Å²) in [5, 5.41) is 7.19. The first-order chi connectivity index (χ1) is 11.9. The van der Waals surface area contributed by atoms with Crippen LogP contribution < -0.4 is 5.32 Å². The Morgan fingerprint density at radius 1 is 1.24 bits per heavy atom. The Bertz CT molecular complexity index is 745. The van der Waals surface area contributed by atoms with E-state index in [2.05, 4.69) is 39.1 Å². The summed E-state index contributed by atoms with van der Waals surface area (Å²) in [6.45, 7) is 12.5. The smallest absolute Gasteiger partial charge is 0.291 e. The van der Waals surface area contributed by atoms with Crippen molar-refractivity contribution in [1.82, 2.24) is 29.8 Å². The zero-order chi connectivity index (χ0) is 18.0. The summed E-state index contributed by atoms with van der Waals surface area (Å²) >= 11 is 0. The first-order valence-electron chi connectivity index (χ1n) is 9.14. The van der Waals surface area contributed by atoms with Crippen LogP contribution in [0.1, 0.15) is 48.7 Å². The van der Waals surface area contributed by atoms with Crippen molar-refractivity contribution in [2.24, 2.45) is 11.8 Å². The topological polar surface area (TPSA) is 75.4 Å². The zero-order valence-electron chi connectivity index (χ0n) is 15.6. The number of hydrogen-bond acceptors (Lipinski definition) is 5. The molecule has 7 nitrogen and oxygen atoms in total. The fourth-order valence-electron chi connectivity index (χ4n) is 3.82. The Balaban J connectivity index is 1.50. The molecule has 1 aliphatic rings. The number of carbonyl (C=O) groups excluding carboxylic acids is 1. The van der Waals surface area contributed by atoms with Crippen LogP contribution in [0.4, 0.5) is 0 Å². The van der Waals surface area contributed by atoms with Gasteiger partial charge in [0.2, 0.25) is 5.82 Å². The second-order valence-corrected chi connectivity index (χ2v) is 7.50. The van der Waals surface area contributed by atoms with Gasteiger partial charge in [0.15, 0.2) is 0 Å². The second kappa shape index (κ2) is 7.47. The summed E-state index contributed by atoms with van der Waals surface area (Å²) in [6.07, 6.45) is 2.26. The molecule has 3 heterocycles. The molecule has 2 aromatic rings. The minimum atomic E-state index is -0.233. The van der Waals surface area contributed by atoms with Gasteiger partial charge < -0.3 is 10.2 Å². The first kappa shape index (κ1) is 17.8. The SMILES string of the molecule is Cc1cc(C)n2nc(C(=O)NCCCN3C[C@@H](C)C[C@H](C)C3)nc2n1. The van der Waals surface area contributed by atoms with Gasteiger partial charge in [-0.2, -0.15) is 4.98 Å². The Hall–Kier alpha value is -2.02. The molecule has 1 aliphatic heterocycles. The minimum Gasteiger partial charge on any atom is -0.349 e. The molecular weight excluding hydrogens is 316 g/mol. The molecule has 136 valence electrons. The molecule has 0 saturated carbocycles. The van der Waals surface area contributed by atoms with Gasteiger partial charge in [0.05, 0.1) is 0 Å². The van der Waals surface area contributed by atoms with Crippen LogP contribution in [-0.2, 0) is 0 Å². The van der Waals surface area contributed by atoms with Crippen LogP contribution >= 0.6 is 0 Å². The van der Waals surface area contributed by atoms with E-state index in [1.165, 1.54) is 6.42 Å². The average molecular weight is 344 g/mol. The number of nitrogens with one attached hydrogen (secondary N) is 1.